The lowest BCUT2D eigenvalue weighted by Gasteiger charge is -1.95. The molecule has 3 nitrogen and oxygen atoms in total. The van der Waals surface area contributed by atoms with Gasteiger partial charge in [0.05, 0.1) is 6.61 Å². The van der Waals surface area contributed by atoms with Crippen molar-refractivity contribution in [3.8, 4) is 0 Å². The predicted molar refractivity (Wildman–Crippen MR) is 38.7 cm³/mol. The molecule has 0 saturated carbocycles. The van der Waals surface area contributed by atoms with E-state index in [-0.39, 0.29) is 6.61 Å². The van der Waals surface area contributed by atoms with Crippen LogP contribution >= 0.6 is 0 Å². The summed E-state index contributed by atoms with van der Waals surface area (Å²) in [5, 5.41) is 8.35. The van der Waals surface area contributed by atoms with E-state index < -0.39 is 0 Å². The molecule has 0 rings (SSSR count). The van der Waals surface area contributed by atoms with Crippen molar-refractivity contribution < 1.29 is 14.6 Å². The van der Waals surface area contributed by atoms with Crippen LogP contribution in [0.2, 0.25) is 0 Å². The number of hydrogen-bond donors (Lipinski definition) is 1. The van der Waals surface area contributed by atoms with Crippen molar-refractivity contribution in [2.75, 3.05) is 27.1 Å². The molecule has 3 heteroatoms. The van der Waals surface area contributed by atoms with E-state index in [1.165, 1.54) is 0 Å². The average molecular weight is 146 g/mol. The first-order valence-electron chi connectivity index (χ1n) is 3.24. The fourth-order valence-electron chi connectivity index (χ4n) is 0.460. The third-order valence-corrected chi connectivity index (χ3v) is 0.878. The molecule has 0 bridgehead atoms. The van der Waals surface area contributed by atoms with Crippen molar-refractivity contribution in [3.63, 3.8) is 0 Å². The van der Waals surface area contributed by atoms with Crippen molar-refractivity contribution in [1.82, 2.24) is 0 Å². The molecule has 0 aliphatic rings. The van der Waals surface area contributed by atoms with E-state index in [2.05, 4.69) is 4.74 Å². The third kappa shape index (κ3) is 7.62. The van der Waals surface area contributed by atoms with Gasteiger partial charge in [0.2, 0.25) is 0 Å². The minimum Gasteiger partial charge on any atom is -0.396 e. The second-order valence-corrected chi connectivity index (χ2v) is 1.76. The highest BCUT2D eigenvalue weighted by atomic mass is 16.7. The van der Waals surface area contributed by atoms with E-state index in [1.54, 1.807) is 7.11 Å². The molecule has 1 N–H and O–H groups in total. The fourth-order valence-corrected chi connectivity index (χ4v) is 0.460. The number of aliphatic hydroxyl groups excluding tert-OH is 1. The molecule has 0 spiro atoms. The number of aliphatic hydroxyl groups is 1. The molecule has 0 aliphatic carbocycles. The molecule has 0 heterocycles. The molecule has 0 aromatic rings. The molecule has 10 heavy (non-hydrogen) atoms. The summed E-state index contributed by atoms with van der Waals surface area (Å²) in [6, 6.07) is 0. The van der Waals surface area contributed by atoms with E-state index in [4.69, 9.17) is 9.84 Å². The van der Waals surface area contributed by atoms with E-state index in [0.29, 0.717) is 19.8 Å². The smallest absolute Gasteiger partial charge is 0.146 e. The zero-order chi connectivity index (χ0) is 7.66. The van der Waals surface area contributed by atoms with E-state index in [0.717, 1.165) is 0 Å². The van der Waals surface area contributed by atoms with Crippen LogP contribution in [-0.4, -0.2) is 32.2 Å². The first kappa shape index (κ1) is 9.62. The molecule has 0 unspecified atom stereocenters. The summed E-state index contributed by atoms with van der Waals surface area (Å²) in [5.41, 5.74) is 0. The van der Waals surface area contributed by atoms with Crippen molar-refractivity contribution in [1.29, 1.82) is 0 Å². The van der Waals surface area contributed by atoms with Gasteiger partial charge >= 0.3 is 0 Å². The van der Waals surface area contributed by atoms with Gasteiger partial charge in [0.1, 0.15) is 6.79 Å². The average Bonchev–Trinajstić information content (AvgIpc) is 1.97. The van der Waals surface area contributed by atoms with Crippen molar-refractivity contribution >= 4 is 0 Å². The van der Waals surface area contributed by atoms with Crippen molar-refractivity contribution in [2.24, 2.45) is 0 Å². The molecule has 0 aliphatic heterocycles. The number of hydrogen-bond acceptors (Lipinski definition) is 3. The van der Waals surface area contributed by atoms with E-state index >= 15 is 0 Å². The molecular formula is C7H14O3. The van der Waals surface area contributed by atoms with E-state index in [1.807, 2.05) is 12.2 Å². The lowest BCUT2D eigenvalue weighted by Crippen LogP contribution is -1.95. The minimum absolute atomic E-state index is 0.195. The summed E-state index contributed by atoms with van der Waals surface area (Å²) in [4.78, 5) is 0. The van der Waals surface area contributed by atoms with Crippen LogP contribution in [0.3, 0.4) is 0 Å². The third-order valence-electron chi connectivity index (χ3n) is 0.878. The van der Waals surface area contributed by atoms with Gasteiger partial charge in [-0.05, 0) is 6.42 Å². The van der Waals surface area contributed by atoms with Crippen LogP contribution in [0.25, 0.3) is 0 Å². The zero-order valence-corrected chi connectivity index (χ0v) is 6.25. The van der Waals surface area contributed by atoms with Gasteiger partial charge in [0.15, 0.2) is 0 Å². The van der Waals surface area contributed by atoms with Crippen LogP contribution in [0.15, 0.2) is 12.2 Å². The number of methoxy groups -OCH3 is 1. The van der Waals surface area contributed by atoms with Gasteiger partial charge in [-0.15, -0.1) is 0 Å². The molecule has 0 radical (unpaired) electrons. The normalized spacial score (nSPS) is 11.0. The summed E-state index contributed by atoms with van der Waals surface area (Å²) in [7, 11) is 1.58. The van der Waals surface area contributed by atoms with Gasteiger partial charge in [-0.1, -0.05) is 12.2 Å². The molecule has 0 aromatic heterocycles. The fraction of sp³-hybridized carbons (Fsp3) is 0.714. The molecule has 0 aromatic carbocycles. The molecule has 60 valence electrons. The highest BCUT2D eigenvalue weighted by molar-refractivity contribution is 4.80. The first-order chi connectivity index (χ1) is 4.91. The second kappa shape index (κ2) is 8.62. The van der Waals surface area contributed by atoms with Gasteiger partial charge in [0.25, 0.3) is 0 Å². The SMILES string of the molecule is COCOC/C=C\CCO. The summed E-state index contributed by atoms with van der Waals surface area (Å²) in [6.07, 6.45) is 4.42. The lowest BCUT2D eigenvalue weighted by atomic mass is 10.4. The molecule has 0 fully saturated rings. The Morgan fingerprint density at radius 3 is 2.80 bits per heavy atom. The predicted octanol–water partition coefficient (Wildman–Crippen LogP) is 0.546. The van der Waals surface area contributed by atoms with Gasteiger partial charge in [-0.2, -0.15) is 0 Å². The second-order valence-electron chi connectivity index (χ2n) is 1.76. The van der Waals surface area contributed by atoms with Gasteiger partial charge < -0.3 is 14.6 Å². The lowest BCUT2D eigenvalue weighted by molar-refractivity contribution is -0.0187. The molecule has 0 atom stereocenters. The summed E-state index contributed by atoms with van der Waals surface area (Å²) >= 11 is 0. The minimum atomic E-state index is 0.195. The monoisotopic (exact) mass is 146 g/mol. The maximum absolute atomic E-state index is 8.35. The van der Waals surface area contributed by atoms with Crippen molar-refractivity contribution in [2.45, 2.75) is 6.42 Å². The Morgan fingerprint density at radius 1 is 1.40 bits per heavy atom. The molecule has 0 saturated heterocycles. The van der Waals surface area contributed by atoms with Gasteiger partial charge in [0, 0.05) is 13.7 Å². The summed E-state index contributed by atoms with van der Waals surface area (Å²) in [6.45, 7) is 1.07. The van der Waals surface area contributed by atoms with E-state index in [9.17, 15) is 0 Å². The Balaban J connectivity index is 2.88. The van der Waals surface area contributed by atoms with Crippen LogP contribution in [0.1, 0.15) is 6.42 Å². The Hall–Kier alpha value is -0.380. The van der Waals surface area contributed by atoms with Crippen molar-refractivity contribution in [3.05, 3.63) is 12.2 Å². The van der Waals surface area contributed by atoms with Crippen LogP contribution in [-0.2, 0) is 9.47 Å². The summed E-state index contributed by atoms with van der Waals surface area (Å²) < 4.78 is 9.58. The Labute approximate surface area is 61.3 Å². The Bertz CT molecular complexity index is 80.9. The highest BCUT2D eigenvalue weighted by Crippen LogP contribution is 1.81. The number of ether oxygens (including phenoxy) is 2. The number of rotatable bonds is 6. The van der Waals surface area contributed by atoms with Crippen LogP contribution in [0, 0.1) is 0 Å². The van der Waals surface area contributed by atoms with Crippen LogP contribution < -0.4 is 0 Å². The maximum Gasteiger partial charge on any atom is 0.146 e. The standard InChI is InChI=1S/C7H14O3/c1-9-7-10-6-4-2-3-5-8/h2,4,8H,3,5-7H2,1H3/b4-2-. The largest absolute Gasteiger partial charge is 0.396 e. The highest BCUT2D eigenvalue weighted by Gasteiger charge is 1.78. The topological polar surface area (TPSA) is 38.7 Å². The molecule has 0 amide bonds. The van der Waals surface area contributed by atoms with Gasteiger partial charge in [-0.25, -0.2) is 0 Å². The van der Waals surface area contributed by atoms with Gasteiger partial charge in [-0.3, -0.25) is 0 Å². The Morgan fingerprint density at radius 2 is 2.20 bits per heavy atom. The first-order valence-corrected chi connectivity index (χ1v) is 3.24. The molecular weight excluding hydrogens is 132 g/mol. The maximum atomic E-state index is 8.35. The van der Waals surface area contributed by atoms with Crippen LogP contribution in [0.4, 0.5) is 0 Å². The van der Waals surface area contributed by atoms with Crippen LogP contribution in [0.5, 0.6) is 0 Å². The quantitative estimate of drug-likeness (QED) is 0.338. The Kier molecular flexibility index (Phi) is 8.29. The zero-order valence-electron chi connectivity index (χ0n) is 6.25. The summed E-state index contributed by atoms with van der Waals surface area (Å²) in [5.74, 6) is 0.